The van der Waals surface area contributed by atoms with Crippen molar-refractivity contribution in [3.8, 4) is 11.5 Å². The van der Waals surface area contributed by atoms with Gasteiger partial charge in [0.2, 0.25) is 12.7 Å². The number of hydrogen-bond acceptors (Lipinski definition) is 6. The van der Waals surface area contributed by atoms with Crippen LogP contribution >= 0.6 is 0 Å². The van der Waals surface area contributed by atoms with E-state index >= 15 is 0 Å². The molecule has 2 saturated heterocycles. The molecule has 1 aromatic carbocycles. The number of benzene rings is 1. The van der Waals surface area contributed by atoms with E-state index in [1.165, 1.54) is 44.2 Å². The van der Waals surface area contributed by atoms with E-state index in [-0.39, 0.29) is 12.0 Å². The van der Waals surface area contributed by atoms with Gasteiger partial charge >= 0.3 is 0 Å². The van der Waals surface area contributed by atoms with E-state index < -0.39 is 0 Å². The number of rotatable bonds is 7. The fourth-order valence-electron chi connectivity index (χ4n) is 5.85. The lowest BCUT2D eigenvalue weighted by Crippen LogP contribution is -2.41. The van der Waals surface area contributed by atoms with E-state index in [0.29, 0.717) is 45.0 Å². The number of para-hydroxylation sites is 1. The first-order valence-corrected chi connectivity index (χ1v) is 12.8. The van der Waals surface area contributed by atoms with Gasteiger partial charge in [-0.2, -0.15) is 0 Å². The number of carbonyl (C=O) groups is 1. The maximum atomic E-state index is 12.3. The predicted molar refractivity (Wildman–Crippen MR) is 125 cm³/mol. The summed E-state index contributed by atoms with van der Waals surface area (Å²) in [5, 5.41) is 3.23. The summed E-state index contributed by atoms with van der Waals surface area (Å²) in [5.41, 5.74) is 1.33. The van der Waals surface area contributed by atoms with Crippen LogP contribution in [0.3, 0.4) is 0 Å². The molecule has 5 rings (SSSR count). The number of ether oxygens (including phenoxy) is 4. The van der Waals surface area contributed by atoms with Crippen molar-refractivity contribution < 1.29 is 23.7 Å². The number of likely N-dealkylation sites (tertiary alicyclic amines) is 1. The molecule has 7 heteroatoms. The number of hydrogen-bond donors (Lipinski definition) is 1. The van der Waals surface area contributed by atoms with Gasteiger partial charge in [-0.15, -0.1) is 0 Å². The summed E-state index contributed by atoms with van der Waals surface area (Å²) < 4.78 is 22.3. The number of nitrogens with one attached hydrogen (secondary N) is 1. The number of amides is 1. The SMILES string of the molecule is O=C(C[C@H]1COCCO1)NC1CCC(CCN2CCC(c3cccc4c3OCO4)CC2)CC1. The van der Waals surface area contributed by atoms with Gasteiger partial charge in [-0.1, -0.05) is 12.1 Å². The molecule has 0 aromatic heterocycles. The Morgan fingerprint density at radius 2 is 1.88 bits per heavy atom. The normalized spacial score (nSPS) is 28.5. The van der Waals surface area contributed by atoms with Crippen LogP contribution in [0.4, 0.5) is 0 Å². The molecule has 182 valence electrons. The minimum Gasteiger partial charge on any atom is -0.454 e. The van der Waals surface area contributed by atoms with Gasteiger partial charge in [0, 0.05) is 11.6 Å². The van der Waals surface area contributed by atoms with Crippen molar-refractivity contribution in [2.24, 2.45) is 5.92 Å². The van der Waals surface area contributed by atoms with Crippen molar-refractivity contribution in [1.82, 2.24) is 10.2 Å². The topological polar surface area (TPSA) is 69.3 Å². The third kappa shape index (κ3) is 6.00. The number of fused-ring (bicyclic) bond motifs is 1. The van der Waals surface area contributed by atoms with Crippen LogP contribution in [0.5, 0.6) is 11.5 Å². The summed E-state index contributed by atoms with van der Waals surface area (Å²) >= 11 is 0. The van der Waals surface area contributed by atoms with Crippen LogP contribution in [0, 0.1) is 5.92 Å². The zero-order valence-corrected chi connectivity index (χ0v) is 19.6. The molecule has 0 radical (unpaired) electrons. The Labute approximate surface area is 197 Å². The van der Waals surface area contributed by atoms with Gasteiger partial charge < -0.3 is 29.2 Å². The van der Waals surface area contributed by atoms with Gasteiger partial charge in [0.15, 0.2) is 11.5 Å². The monoisotopic (exact) mass is 458 g/mol. The average molecular weight is 459 g/mol. The molecule has 0 spiro atoms. The Hall–Kier alpha value is -1.83. The smallest absolute Gasteiger partial charge is 0.231 e. The van der Waals surface area contributed by atoms with Crippen LogP contribution in [0.15, 0.2) is 18.2 Å². The van der Waals surface area contributed by atoms with Gasteiger partial charge in [-0.25, -0.2) is 0 Å². The molecule has 1 saturated carbocycles. The number of nitrogens with zero attached hydrogens (tertiary/aromatic N) is 1. The molecule has 33 heavy (non-hydrogen) atoms. The van der Waals surface area contributed by atoms with Crippen molar-refractivity contribution in [3.05, 3.63) is 23.8 Å². The molecule has 1 N–H and O–H groups in total. The molecular weight excluding hydrogens is 420 g/mol. The molecule has 1 atom stereocenters. The summed E-state index contributed by atoms with van der Waals surface area (Å²) in [4.78, 5) is 15.0. The van der Waals surface area contributed by atoms with Crippen molar-refractivity contribution in [2.45, 2.75) is 69.4 Å². The van der Waals surface area contributed by atoms with Gasteiger partial charge in [-0.05, 0) is 82.5 Å². The Morgan fingerprint density at radius 3 is 2.67 bits per heavy atom. The van der Waals surface area contributed by atoms with Crippen LogP contribution in [0.1, 0.15) is 62.8 Å². The second-order valence-corrected chi connectivity index (χ2v) is 10.0. The Balaban J connectivity index is 0.980. The van der Waals surface area contributed by atoms with Crippen molar-refractivity contribution in [2.75, 3.05) is 46.2 Å². The molecule has 3 aliphatic heterocycles. The lowest BCUT2D eigenvalue weighted by molar-refractivity contribution is -0.132. The highest BCUT2D eigenvalue weighted by Crippen LogP contribution is 2.42. The molecular formula is C26H38N2O5. The van der Waals surface area contributed by atoms with Crippen LogP contribution in [0.25, 0.3) is 0 Å². The Morgan fingerprint density at radius 1 is 1.03 bits per heavy atom. The lowest BCUT2D eigenvalue weighted by atomic mass is 9.83. The lowest BCUT2D eigenvalue weighted by Gasteiger charge is -2.35. The summed E-state index contributed by atoms with van der Waals surface area (Å²) in [6.45, 7) is 5.63. The van der Waals surface area contributed by atoms with Crippen molar-refractivity contribution >= 4 is 5.91 Å². The maximum Gasteiger partial charge on any atom is 0.231 e. The highest BCUT2D eigenvalue weighted by atomic mass is 16.7. The molecule has 3 fully saturated rings. The third-order valence-corrected chi connectivity index (χ3v) is 7.82. The van der Waals surface area contributed by atoms with Crippen LogP contribution in [0.2, 0.25) is 0 Å². The standard InChI is InChI=1S/C26H38N2O5/c29-25(16-22-17-30-14-15-31-22)27-21-6-4-19(5-7-21)8-11-28-12-9-20(10-13-28)23-2-1-3-24-26(23)33-18-32-24/h1-3,19-22H,4-18H2,(H,27,29)/t19?,21?,22-/m0/s1. The van der Waals surface area contributed by atoms with Gasteiger partial charge in [-0.3, -0.25) is 4.79 Å². The van der Waals surface area contributed by atoms with Crippen molar-refractivity contribution in [1.29, 1.82) is 0 Å². The minimum absolute atomic E-state index is 0.0807. The summed E-state index contributed by atoms with van der Waals surface area (Å²) in [6, 6.07) is 6.63. The highest BCUT2D eigenvalue weighted by molar-refractivity contribution is 5.76. The zero-order chi connectivity index (χ0) is 22.5. The van der Waals surface area contributed by atoms with Gasteiger partial charge in [0.25, 0.3) is 0 Å². The number of carbonyl (C=O) groups excluding carboxylic acids is 1. The molecule has 3 heterocycles. The quantitative estimate of drug-likeness (QED) is 0.675. The van der Waals surface area contributed by atoms with E-state index in [2.05, 4.69) is 22.3 Å². The first kappa shape index (κ1) is 22.9. The highest BCUT2D eigenvalue weighted by Gasteiger charge is 2.28. The van der Waals surface area contributed by atoms with E-state index in [4.69, 9.17) is 18.9 Å². The second kappa shape index (κ2) is 11.1. The van der Waals surface area contributed by atoms with E-state index in [9.17, 15) is 4.79 Å². The van der Waals surface area contributed by atoms with Crippen molar-refractivity contribution in [3.63, 3.8) is 0 Å². The van der Waals surface area contributed by atoms with E-state index in [1.54, 1.807) is 0 Å². The molecule has 1 aromatic rings. The maximum absolute atomic E-state index is 12.3. The van der Waals surface area contributed by atoms with Crippen LogP contribution in [-0.2, 0) is 14.3 Å². The fraction of sp³-hybridized carbons (Fsp3) is 0.731. The Bertz CT molecular complexity index is 781. The molecule has 0 bridgehead atoms. The molecule has 1 aliphatic carbocycles. The molecule has 7 nitrogen and oxygen atoms in total. The van der Waals surface area contributed by atoms with Gasteiger partial charge in [0.1, 0.15) is 0 Å². The predicted octanol–water partition coefficient (Wildman–Crippen LogP) is 3.47. The average Bonchev–Trinajstić information content (AvgIpc) is 3.34. The van der Waals surface area contributed by atoms with E-state index in [1.807, 2.05) is 6.07 Å². The van der Waals surface area contributed by atoms with E-state index in [0.717, 1.165) is 43.3 Å². The first-order valence-electron chi connectivity index (χ1n) is 12.8. The summed E-state index contributed by atoms with van der Waals surface area (Å²) in [5.74, 6) is 3.34. The van der Waals surface area contributed by atoms with Crippen LogP contribution in [-0.4, -0.2) is 69.2 Å². The Kier molecular flexibility index (Phi) is 7.69. The molecule has 0 unspecified atom stereocenters. The first-order chi connectivity index (χ1) is 16.2. The third-order valence-electron chi connectivity index (χ3n) is 7.82. The molecule has 1 amide bonds. The summed E-state index contributed by atoms with van der Waals surface area (Å²) in [6.07, 6.45) is 8.63. The fourth-order valence-corrected chi connectivity index (χ4v) is 5.85. The second-order valence-electron chi connectivity index (χ2n) is 10.0. The number of piperidine rings is 1. The van der Waals surface area contributed by atoms with Crippen LogP contribution < -0.4 is 14.8 Å². The minimum atomic E-state index is -0.0807. The largest absolute Gasteiger partial charge is 0.454 e. The summed E-state index contributed by atoms with van der Waals surface area (Å²) in [7, 11) is 0. The molecule has 4 aliphatic rings. The zero-order valence-electron chi connectivity index (χ0n) is 19.6. The van der Waals surface area contributed by atoms with Gasteiger partial charge in [0.05, 0.1) is 32.3 Å².